The SMILES string of the molecule is c1ccc2sc(SNSc3nc4ccccc4s3)nc2c1. The van der Waals surface area contributed by atoms with E-state index < -0.39 is 0 Å². The lowest BCUT2D eigenvalue weighted by Crippen LogP contribution is -1.88. The molecule has 1 N–H and O–H groups in total. The number of hydrogen-bond donors (Lipinski definition) is 1. The summed E-state index contributed by atoms with van der Waals surface area (Å²) in [7, 11) is 0. The number of benzene rings is 2. The van der Waals surface area contributed by atoms with Gasteiger partial charge < -0.3 is 0 Å². The fourth-order valence-corrected chi connectivity index (χ4v) is 5.78. The molecule has 0 fully saturated rings. The molecule has 0 radical (unpaired) electrons. The van der Waals surface area contributed by atoms with Crippen molar-refractivity contribution in [3.8, 4) is 0 Å². The minimum Gasteiger partial charge on any atom is -0.228 e. The molecule has 3 nitrogen and oxygen atoms in total. The predicted molar refractivity (Wildman–Crippen MR) is 94.1 cm³/mol. The van der Waals surface area contributed by atoms with Crippen LogP contribution in [0.3, 0.4) is 0 Å². The van der Waals surface area contributed by atoms with Crippen molar-refractivity contribution >= 4 is 67.0 Å². The van der Waals surface area contributed by atoms with E-state index in [0.29, 0.717) is 0 Å². The van der Waals surface area contributed by atoms with E-state index >= 15 is 0 Å². The van der Waals surface area contributed by atoms with Crippen molar-refractivity contribution in [2.24, 2.45) is 0 Å². The first-order chi connectivity index (χ1) is 10.4. The summed E-state index contributed by atoms with van der Waals surface area (Å²) in [4.78, 5) is 9.15. The number of aromatic nitrogens is 2. The van der Waals surface area contributed by atoms with Crippen LogP contribution in [0.5, 0.6) is 0 Å². The zero-order valence-electron chi connectivity index (χ0n) is 10.6. The van der Waals surface area contributed by atoms with Crippen molar-refractivity contribution in [2.45, 2.75) is 8.68 Å². The van der Waals surface area contributed by atoms with Crippen molar-refractivity contribution in [2.75, 3.05) is 0 Å². The highest BCUT2D eigenvalue weighted by atomic mass is 32.2. The van der Waals surface area contributed by atoms with Crippen LogP contribution in [0.2, 0.25) is 0 Å². The fourth-order valence-electron chi connectivity index (χ4n) is 1.88. The number of para-hydroxylation sites is 2. The van der Waals surface area contributed by atoms with E-state index in [1.807, 2.05) is 36.4 Å². The molecule has 104 valence electrons. The van der Waals surface area contributed by atoms with Crippen LogP contribution in [0.4, 0.5) is 0 Å². The lowest BCUT2D eigenvalue weighted by Gasteiger charge is -1.95. The Hall–Kier alpha value is -1.12. The van der Waals surface area contributed by atoms with Gasteiger partial charge in [0.1, 0.15) is 0 Å². The van der Waals surface area contributed by atoms with E-state index in [4.69, 9.17) is 0 Å². The van der Waals surface area contributed by atoms with Crippen molar-refractivity contribution < 1.29 is 0 Å². The van der Waals surface area contributed by atoms with Gasteiger partial charge in [0.05, 0.1) is 20.4 Å². The standard InChI is InChI=1S/C14H9N3S4/c1-3-7-11-9(5-1)15-13(18-11)20-17-21-14-16-10-6-2-4-8-12(10)19-14/h1-8,17H. The average Bonchev–Trinajstić information content (AvgIpc) is 3.09. The van der Waals surface area contributed by atoms with Crippen molar-refractivity contribution in [1.82, 2.24) is 14.1 Å². The Kier molecular flexibility index (Phi) is 3.83. The van der Waals surface area contributed by atoms with Gasteiger partial charge in [0.15, 0.2) is 8.68 Å². The molecule has 0 saturated heterocycles. The molecule has 0 aliphatic carbocycles. The van der Waals surface area contributed by atoms with Gasteiger partial charge in [-0.2, -0.15) is 4.13 Å². The maximum atomic E-state index is 4.58. The summed E-state index contributed by atoms with van der Waals surface area (Å²) in [5.41, 5.74) is 2.11. The summed E-state index contributed by atoms with van der Waals surface area (Å²) in [5.74, 6) is 0. The number of rotatable bonds is 4. The average molecular weight is 348 g/mol. The van der Waals surface area contributed by atoms with Crippen molar-refractivity contribution in [3.05, 3.63) is 48.5 Å². The van der Waals surface area contributed by atoms with Crippen LogP contribution < -0.4 is 4.13 Å². The summed E-state index contributed by atoms with van der Waals surface area (Å²) in [5, 5.41) is 0. The molecule has 7 heteroatoms. The highest BCUT2D eigenvalue weighted by Crippen LogP contribution is 2.32. The maximum absolute atomic E-state index is 4.58. The van der Waals surface area contributed by atoms with Gasteiger partial charge in [-0.3, -0.25) is 0 Å². The normalized spacial score (nSPS) is 11.4. The largest absolute Gasteiger partial charge is 0.228 e. The van der Waals surface area contributed by atoms with Crippen molar-refractivity contribution in [3.63, 3.8) is 0 Å². The molecule has 21 heavy (non-hydrogen) atoms. The summed E-state index contributed by atoms with van der Waals surface area (Å²) in [6.45, 7) is 0. The lowest BCUT2D eigenvalue weighted by atomic mass is 10.3. The van der Waals surface area contributed by atoms with E-state index in [2.05, 4.69) is 26.2 Å². The highest BCUT2D eigenvalue weighted by Gasteiger charge is 2.06. The molecule has 4 aromatic rings. The van der Waals surface area contributed by atoms with E-state index in [1.54, 1.807) is 22.7 Å². The Labute approximate surface area is 138 Å². The number of nitrogens with zero attached hydrogens (tertiary/aromatic N) is 2. The van der Waals surface area contributed by atoms with E-state index in [1.165, 1.54) is 33.3 Å². The van der Waals surface area contributed by atoms with E-state index in [9.17, 15) is 0 Å². The Morgan fingerprint density at radius 1 is 0.714 bits per heavy atom. The van der Waals surface area contributed by atoms with Gasteiger partial charge in [0.2, 0.25) is 0 Å². The molecule has 0 amide bonds. The lowest BCUT2D eigenvalue weighted by molar-refractivity contribution is 1.29. The Morgan fingerprint density at radius 2 is 1.19 bits per heavy atom. The van der Waals surface area contributed by atoms with E-state index in [0.717, 1.165) is 19.7 Å². The first-order valence-electron chi connectivity index (χ1n) is 6.18. The second kappa shape index (κ2) is 5.94. The van der Waals surface area contributed by atoms with Crippen LogP contribution in [0, 0.1) is 0 Å². The molecule has 4 rings (SSSR count). The molecular weight excluding hydrogens is 338 g/mol. The van der Waals surface area contributed by atoms with Crippen LogP contribution in [0.15, 0.2) is 57.2 Å². The highest BCUT2D eigenvalue weighted by molar-refractivity contribution is 8.14. The Morgan fingerprint density at radius 3 is 1.67 bits per heavy atom. The topological polar surface area (TPSA) is 37.8 Å². The summed E-state index contributed by atoms with van der Waals surface area (Å²) >= 11 is 6.47. The second-order valence-corrected chi connectivity index (χ2v) is 8.61. The summed E-state index contributed by atoms with van der Waals surface area (Å²) < 4.78 is 7.73. The van der Waals surface area contributed by atoms with Gasteiger partial charge in [0, 0.05) is 0 Å². The first-order valence-corrected chi connectivity index (χ1v) is 9.45. The summed E-state index contributed by atoms with van der Waals surface area (Å²) in [6, 6.07) is 16.4. The second-order valence-electron chi connectivity index (χ2n) is 4.18. The molecule has 2 heterocycles. The minimum atomic E-state index is 1.02. The molecule has 0 unspecified atom stereocenters. The molecule has 2 aromatic carbocycles. The predicted octanol–water partition coefficient (Wildman–Crippen LogP) is 5.21. The van der Waals surface area contributed by atoms with Crippen molar-refractivity contribution in [1.29, 1.82) is 0 Å². The zero-order valence-corrected chi connectivity index (χ0v) is 13.9. The molecule has 0 aliphatic heterocycles. The summed E-state index contributed by atoms with van der Waals surface area (Å²) in [6.07, 6.45) is 0. The van der Waals surface area contributed by atoms with Crippen LogP contribution in [0.25, 0.3) is 20.4 Å². The molecule has 0 atom stereocenters. The number of nitrogens with one attached hydrogen (secondary N) is 1. The fraction of sp³-hybridized carbons (Fsp3) is 0. The maximum Gasteiger partial charge on any atom is 0.166 e. The van der Waals surface area contributed by atoms with Gasteiger partial charge in [0.25, 0.3) is 0 Å². The van der Waals surface area contributed by atoms with Crippen LogP contribution in [0.1, 0.15) is 0 Å². The molecule has 2 aromatic heterocycles. The van der Waals surface area contributed by atoms with Crippen LogP contribution in [-0.2, 0) is 0 Å². The quantitative estimate of drug-likeness (QED) is 0.513. The third-order valence-electron chi connectivity index (χ3n) is 2.81. The van der Waals surface area contributed by atoms with Crippen LogP contribution >= 0.6 is 46.6 Å². The van der Waals surface area contributed by atoms with E-state index in [-0.39, 0.29) is 0 Å². The van der Waals surface area contributed by atoms with Gasteiger partial charge in [-0.05, 0) is 48.2 Å². The number of thiazole rings is 2. The van der Waals surface area contributed by atoms with Gasteiger partial charge in [-0.15, -0.1) is 22.7 Å². The third kappa shape index (κ3) is 2.93. The Bertz CT molecular complexity index is 759. The molecule has 0 aliphatic rings. The van der Waals surface area contributed by atoms with Crippen LogP contribution in [-0.4, -0.2) is 9.97 Å². The first kappa shape index (κ1) is 13.5. The molecule has 0 bridgehead atoms. The molecule has 0 spiro atoms. The smallest absolute Gasteiger partial charge is 0.166 e. The van der Waals surface area contributed by atoms with Gasteiger partial charge in [-0.25, -0.2) is 9.97 Å². The zero-order chi connectivity index (χ0) is 14.1. The third-order valence-corrected chi connectivity index (χ3v) is 6.67. The molecular formula is C14H9N3S4. The number of hydrogen-bond acceptors (Lipinski definition) is 7. The van der Waals surface area contributed by atoms with Gasteiger partial charge in [-0.1, -0.05) is 24.3 Å². The minimum absolute atomic E-state index is 1.02. The Balaban J connectivity index is 1.44. The van der Waals surface area contributed by atoms with Gasteiger partial charge >= 0.3 is 0 Å². The molecule has 0 saturated carbocycles. The monoisotopic (exact) mass is 347 g/mol. The number of fused-ring (bicyclic) bond motifs is 2.